The molecule has 1 atom stereocenters. The second-order valence-corrected chi connectivity index (χ2v) is 9.48. The van der Waals surface area contributed by atoms with Gasteiger partial charge in [0.1, 0.15) is 24.2 Å². The van der Waals surface area contributed by atoms with Gasteiger partial charge in [0.25, 0.3) is 0 Å². The standard InChI is InChI=1S/C27H28ClN7O2/c1-19(36-2)18-37-24-11-25(27-21(12-29)14-32-35(27)17-24)20-3-6-26(31-13-20)34-9-7-33(8-10-34)16-23-5-4-22(28)15-30-23/h3-6,11,13-15,17,19H,7-10,16,18H2,1-2H3/t19-/m1/s1. The minimum Gasteiger partial charge on any atom is -0.489 e. The maximum absolute atomic E-state index is 9.63. The first-order valence-electron chi connectivity index (χ1n) is 12.2. The molecule has 4 aromatic rings. The number of hydrogen-bond acceptors (Lipinski definition) is 8. The van der Waals surface area contributed by atoms with E-state index >= 15 is 0 Å². The normalized spacial score (nSPS) is 15.0. The van der Waals surface area contributed by atoms with Crippen molar-refractivity contribution in [2.75, 3.05) is 44.8 Å². The quantitative estimate of drug-likeness (QED) is 0.345. The third-order valence-electron chi connectivity index (χ3n) is 6.52. The number of nitriles is 1. The molecule has 0 bridgehead atoms. The van der Waals surface area contributed by atoms with E-state index in [-0.39, 0.29) is 6.10 Å². The van der Waals surface area contributed by atoms with Crippen molar-refractivity contribution in [1.82, 2.24) is 24.5 Å². The Morgan fingerprint density at radius 1 is 1.08 bits per heavy atom. The zero-order chi connectivity index (χ0) is 25.8. The second kappa shape index (κ2) is 11.1. The number of halogens is 1. The Labute approximate surface area is 220 Å². The number of fused-ring (bicyclic) bond motifs is 1. The van der Waals surface area contributed by atoms with E-state index in [1.807, 2.05) is 43.5 Å². The average molecular weight is 518 g/mol. The van der Waals surface area contributed by atoms with Crippen LogP contribution in [-0.2, 0) is 11.3 Å². The van der Waals surface area contributed by atoms with Crippen LogP contribution in [0.2, 0.25) is 5.02 Å². The summed E-state index contributed by atoms with van der Waals surface area (Å²) in [6.45, 7) is 6.77. The summed E-state index contributed by atoms with van der Waals surface area (Å²) in [5, 5.41) is 14.6. The molecule has 37 heavy (non-hydrogen) atoms. The molecule has 1 saturated heterocycles. The Morgan fingerprint density at radius 2 is 1.92 bits per heavy atom. The van der Waals surface area contributed by atoms with Gasteiger partial charge in [0.15, 0.2) is 0 Å². The third kappa shape index (κ3) is 5.67. The molecule has 1 fully saturated rings. The number of rotatable bonds is 8. The van der Waals surface area contributed by atoms with Gasteiger partial charge in [-0.25, -0.2) is 9.50 Å². The molecule has 0 N–H and O–H groups in total. The van der Waals surface area contributed by atoms with Crippen molar-refractivity contribution < 1.29 is 9.47 Å². The number of pyridine rings is 3. The van der Waals surface area contributed by atoms with E-state index in [1.54, 1.807) is 30.2 Å². The molecule has 9 nitrogen and oxygen atoms in total. The molecule has 0 spiro atoms. The van der Waals surface area contributed by atoms with Crippen LogP contribution in [0.1, 0.15) is 18.2 Å². The SMILES string of the molecule is CO[C@H](C)COc1cc(-c2ccc(N3CCN(Cc4ccc(Cl)cn4)CC3)nc2)c2c(C#N)cnn2c1. The van der Waals surface area contributed by atoms with Crippen molar-refractivity contribution in [2.24, 2.45) is 0 Å². The van der Waals surface area contributed by atoms with Gasteiger partial charge in [-0.3, -0.25) is 9.88 Å². The van der Waals surface area contributed by atoms with E-state index in [0.29, 0.717) is 22.9 Å². The highest BCUT2D eigenvalue weighted by atomic mass is 35.5. The van der Waals surface area contributed by atoms with Crippen LogP contribution in [0.3, 0.4) is 0 Å². The lowest BCUT2D eigenvalue weighted by molar-refractivity contribution is 0.0715. The Kier molecular flexibility index (Phi) is 7.51. The fraction of sp³-hybridized carbons (Fsp3) is 0.333. The van der Waals surface area contributed by atoms with E-state index in [0.717, 1.165) is 60.9 Å². The summed E-state index contributed by atoms with van der Waals surface area (Å²) < 4.78 is 12.9. The number of anilines is 1. The van der Waals surface area contributed by atoms with Crippen molar-refractivity contribution in [3.05, 3.63) is 71.4 Å². The molecule has 0 amide bonds. The molecule has 0 radical (unpaired) electrons. The first-order chi connectivity index (χ1) is 18.0. The average Bonchev–Trinajstić information content (AvgIpc) is 3.36. The van der Waals surface area contributed by atoms with Crippen LogP contribution >= 0.6 is 11.6 Å². The summed E-state index contributed by atoms with van der Waals surface area (Å²) in [6.07, 6.45) is 6.85. The molecule has 1 aliphatic rings. The van der Waals surface area contributed by atoms with Crippen LogP contribution in [0.15, 0.2) is 55.1 Å². The van der Waals surface area contributed by atoms with Gasteiger partial charge < -0.3 is 14.4 Å². The lowest BCUT2D eigenvalue weighted by Crippen LogP contribution is -2.46. The third-order valence-corrected chi connectivity index (χ3v) is 6.75. The van der Waals surface area contributed by atoms with Gasteiger partial charge in [0.2, 0.25) is 0 Å². The molecule has 0 aliphatic carbocycles. The molecule has 5 rings (SSSR count). The van der Waals surface area contributed by atoms with Crippen molar-refractivity contribution in [1.29, 1.82) is 5.26 Å². The monoisotopic (exact) mass is 517 g/mol. The zero-order valence-corrected chi connectivity index (χ0v) is 21.6. The molecule has 1 aliphatic heterocycles. The van der Waals surface area contributed by atoms with Gasteiger partial charge in [-0.2, -0.15) is 10.4 Å². The van der Waals surface area contributed by atoms with E-state index in [1.165, 1.54) is 0 Å². The van der Waals surface area contributed by atoms with Crippen molar-refractivity contribution in [2.45, 2.75) is 19.6 Å². The molecular weight excluding hydrogens is 490 g/mol. The van der Waals surface area contributed by atoms with Crippen molar-refractivity contribution in [3.63, 3.8) is 0 Å². The van der Waals surface area contributed by atoms with Gasteiger partial charge in [0.05, 0.1) is 40.3 Å². The Morgan fingerprint density at radius 3 is 2.59 bits per heavy atom. The summed E-state index contributed by atoms with van der Waals surface area (Å²) in [4.78, 5) is 13.8. The number of hydrogen-bond donors (Lipinski definition) is 0. The molecule has 0 unspecified atom stereocenters. The predicted octanol–water partition coefficient (Wildman–Crippen LogP) is 4.05. The largest absolute Gasteiger partial charge is 0.489 e. The molecule has 5 heterocycles. The Bertz CT molecular complexity index is 1390. The predicted molar refractivity (Wildman–Crippen MR) is 142 cm³/mol. The van der Waals surface area contributed by atoms with E-state index in [4.69, 9.17) is 26.1 Å². The van der Waals surface area contributed by atoms with Crippen LogP contribution in [-0.4, -0.2) is 70.5 Å². The summed E-state index contributed by atoms with van der Waals surface area (Å²) >= 11 is 5.95. The summed E-state index contributed by atoms with van der Waals surface area (Å²) in [5.74, 6) is 1.58. The zero-order valence-electron chi connectivity index (χ0n) is 20.8. The van der Waals surface area contributed by atoms with Crippen molar-refractivity contribution >= 4 is 22.9 Å². The lowest BCUT2D eigenvalue weighted by Gasteiger charge is -2.35. The number of nitrogens with zero attached hydrogens (tertiary/aromatic N) is 7. The van der Waals surface area contributed by atoms with Crippen LogP contribution < -0.4 is 9.64 Å². The fourth-order valence-corrected chi connectivity index (χ4v) is 4.47. The summed E-state index contributed by atoms with van der Waals surface area (Å²) in [5.41, 5.74) is 3.99. The van der Waals surface area contributed by atoms with Crippen LogP contribution in [0.4, 0.5) is 5.82 Å². The van der Waals surface area contributed by atoms with Gasteiger partial charge in [-0.05, 0) is 37.3 Å². The molecule has 4 aromatic heterocycles. The number of aromatic nitrogens is 4. The first kappa shape index (κ1) is 25.0. The van der Waals surface area contributed by atoms with Crippen LogP contribution in [0.5, 0.6) is 5.75 Å². The number of methoxy groups -OCH3 is 1. The molecule has 10 heteroatoms. The van der Waals surface area contributed by atoms with E-state index in [2.05, 4.69) is 26.0 Å². The second-order valence-electron chi connectivity index (χ2n) is 9.05. The lowest BCUT2D eigenvalue weighted by atomic mass is 10.1. The van der Waals surface area contributed by atoms with Gasteiger partial charge in [-0.15, -0.1) is 0 Å². The Hall–Kier alpha value is -3.71. The number of ether oxygens (including phenoxy) is 2. The summed E-state index contributed by atoms with van der Waals surface area (Å²) in [6, 6.07) is 12.1. The molecule has 0 aromatic carbocycles. The van der Waals surface area contributed by atoms with Gasteiger partial charge in [0, 0.05) is 63.4 Å². The first-order valence-corrected chi connectivity index (χ1v) is 12.5. The maximum atomic E-state index is 9.63. The van der Waals surface area contributed by atoms with E-state index in [9.17, 15) is 5.26 Å². The Balaban J connectivity index is 1.31. The highest BCUT2D eigenvalue weighted by molar-refractivity contribution is 6.30. The molecule has 190 valence electrons. The number of piperazine rings is 1. The van der Waals surface area contributed by atoms with Crippen LogP contribution in [0.25, 0.3) is 16.6 Å². The highest BCUT2D eigenvalue weighted by Gasteiger charge is 2.19. The molecular formula is C27H28ClN7O2. The minimum atomic E-state index is -0.0460. The maximum Gasteiger partial charge on any atom is 0.138 e. The smallest absolute Gasteiger partial charge is 0.138 e. The summed E-state index contributed by atoms with van der Waals surface area (Å²) in [7, 11) is 1.65. The van der Waals surface area contributed by atoms with Gasteiger partial charge in [-0.1, -0.05) is 11.6 Å². The van der Waals surface area contributed by atoms with Crippen molar-refractivity contribution in [3.8, 4) is 22.9 Å². The molecule has 0 saturated carbocycles. The topological polar surface area (TPSA) is 91.8 Å². The van der Waals surface area contributed by atoms with E-state index < -0.39 is 0 Å². The highest BCUT2D eigenvalue weighted by Crippen LogP contribution is 2.31. The fourth-order valence-electron chi connectivity index (χ4n) is 4.36. The van der Waals surface area contributed by atoms with Crippen LogP contribution in [0, 0.1) is 11.3 Å². The minimum absolute atomic E-state index is 0.0460. The van der Waals surface area contributed by atoms with Gasteiger partial charge >= 0.3 is 0 Å².